The lowest BCUT2D eigenvalue weighted by Gasteiger charge is -2.38. The molecule has 1 heterocycles. The summed E-state index contributed by atoms with van der Waals surface area (Å²) in [5.74, 6) is 1.07. The van der Waals surface area contributed by atoms with E-state index >= 15 is 0 Å². The molecule has 1 saturated carbocycles. The molecule has 0 radical (unpaired) electrons. The summed E-state index contributed by atoms with van der Waals surface area (Å²) in [6.45, 7) is 1.94. The van der Waals surface area contributed by atoms with Crippen molar-refractivity contribution < 1.29 is 0 Å². The zero-order valence-corrected chi connectivity index (χ0v) is 11.9. The monoisotopic (exact) mass is 305 g/mol. The molecule has 18 heavy (non-hydrogen) atoms. The lowest BCUT2D eigenvalue weighted by atomic mass is 9.73. The third-order valence-corrected chi connectivity index (χ3v) is 4.42. The fourth-order valence-electron chi connectivity index (χ4n) is 2.68. The summed E-state index contributed by atoms with van der Waals surface area (Å²) < 4.78 is 1.06. The summed E-state index contributed by atoms with van der Waals surface area (Å²) >= 11 is 3.52. The minimum atomic E-state index is -0.462. The van der Waals surface area contributed by atoms with Crippen LogP contribution in [0.25, 0.3) is 0 Å². The van der Waals surface area contributed by atoms with Crippen LogP contribution in [0.5, 0.6) is 0 Å². The number of aliphatic imine (C=N–C) groups is 2. The fraction of sp³-hybridized carbons (Fsp3) is 0.429. The van der Waals surface area contributed by atoms with E-state index in [0.717, 1.165) is 15.7 Å². The van der Waals surface area contributed by atoms with Crippen molar-refractivity contribution in [2.24, 2.45) is 21.6 Å². The molecular weight excluding hydrogens is 290 g/mol. The number of hydrogen-bond donors (Lipinski definition) is 1. The predicted octanol–water partition coefficient (Wildman–Crippen LogP) is 3.23. The molecule has 4 heteroatoms. The first-order valence-electron chi connectivity index (χ1n) is 6.30. The maximum Gasteiger partial charge on any atom is 0.181 e. The van der Waals surface area contributed by atoms with Crippen LogP contribution >= 0.6 is 15.9 Å². The second kappa shape index (κ2) is 4.19. The molecule has 0 saturated heterocycles. The van der Waals surface area contributed by atoms with Crippen molar-refractivity contribution in [3.05, 3.63) is 34.3 Å². The van der Waals surface area contributed by atoms with E-state index in [1.165, 1.54) is 19.3 Å². The Bertz CT molecular complexity index is 526. The first-order valence-corrected chi connectivity index (χ1v) is 7.09. The fourth-order valence-corrected chi connectivity index (χ4v) is 3.08. The Labute approximate surface area is 115 Å². The number of benzene rings is 1. The standard InChI is InChI=1S/C14H16BrN3/c1-9-13(16)18-14(17-9,10-4-2-5-10)11-6-3-7-12(15)8-11/h3,6-8,10H,2,4-5H2,1H3,(H2,16,18). The van der Waals surface area contributed by atoms with E-state index in [9.17, 15) is 0 Å². The summed E-state index contributed by atoms with van der Waals surface area (Å²) in [4.78, 5) is 9.51. The molecule has 1 aromatic carbocycles. The highest BCUT2D eigenvalue weighted by atomic mass is 79.9. The van der Waals surface area contributed by atoms with Crippen LogP contribution in [-0.4, -0.2) is 11.5 Å². The van der Waals surface area contributed by atoms with Crippen molar-refractivity contribution in [3.8, 4) is 0 Å². The van der Waals surface area contributed by atoms with Gasteiger partial charge in [0.25, 0.3) is 0 Å². The second-order valence-corrected chi connectivity index (χ2v) is 5.97. The Hall–Kier alpha value is -1.16. The van der Waals surface area contributed by atoms with Gasteiger partial charge in [0.15, 0.2) is 5.66 Å². The van der Waals surface area contributed by atoms with Gasteiger partial charge >= 0.3 is 0 Å². The van der Waals surface area contributed by atoms with Crippen LogP contribution in [-0.2, 0) is 5.66 Å². The molecule has 1 fully saturated rings. The van der Waals surface area contributed by atoms with Gasteiger partial charge in [-0.15, -0.1) is 0 Å². The largest absolute Gasteiger partial charge is 0.382 e. The van der Waals surface area contributed by atoms with Gasteiger partial charge in [0.05, 0.1) is 5.71 Å². The molecule has 3 rings (SSSR count). The molecule has 0 spiro atoms. The highest BCUT2D eigenvalue weighted by Gasteiger charge is 2.46. The Morgan fingerprint density at radius 1 is 1.33 bits per heavy atom. The van der Waals surface area contributed by atoms with Crippen molar-refractivity contribution in [2.45, 2.75) is 31.8 Å². The van der Waals surface area contributed by atoms with Crippen LogP contribution in [0.3, 0.4) is 0 Å². The van der Waals surface area contributed by atoms with Gasteiger partial charge in [0.2, 0.25) is 0 Å². The van der Waals surface area contributed by atoms with Gasteiger partial charge in [-0.2, -0.15) is 0 Å². The molecule has 0 bridgehead atoms. The Balaban J connectivity index is 2.12. The third-order valence-electron chi connectivity index (χ3n) is 3.92. The predicted molar refractivity (Wildman–Crippen MR) is 77.9 cm³/mol. The zero-order chi connectivity index (χ0) is 12.8. The number of hydrogen-bond acceptors (Lipinski definition) is 3. The van der Waals surface area contributed by atoms with E-state index in [-0.39, 0.29) is 0 Å². The van der Waals surface area contributed by atoms with Crippen LogP contribution < -0.4 is 5.73 Å². The van der Waals surface area contributed by atoms with Crippen LogP contribution in [0.4, 0.5) is 0 Å². The van der Waals surface area contributed by atoms with Gasteiger partial charge in [-0.1, -0.05) is 34.5 Å². The summed E-state index contributed by atoms with van der Waals surface area (Å²) in [6, 6.07) is 8.27. The lowest BCUT2D eigenvalue weighted by molar-refractivity contribution is 0.179. The van der Waals surface area contributed by atoms with Crippen LogP contribution in [0.2, 0.25) is 0 Å². The van der Waals surface area contributed by atoms with E-state index in [1.54, 1.807) is 0 Å². The maximum atomic E-state index is 5.95. The van der Waals surface area contributed by atoms with Crippen LogP contribution in [0.1, 0.15) is 31.7 Å². The van der Waals surface area contributed by atoms with Crippen LogP contribution in [0.15, 0.2) is 38.7 Å². The molecule has 94 valence electrons. The van der Waals surface area contributed by atoms with Crippen molar-refractivity contribution in [1.82, 2.24) is 0 Å². The molecule has 0 amide bonds. The lowest BCUT2D eigenvalue weighted by Crippen LogP contribution is -2.35. The van der Waals surface area contributed by atoms with Crippen molar-refractivity contribution in [1.29, 1.82) is 0 Å². The highest BCUT2D eigenvalue weighted by molar-refractivity contribution is 9.10. The molecule has 1 aliphatic heterocycles. The second-order valence-electron chi connectivity index (χ2n) is 5.06. The minimum absolute atomic E-state index is 0.462. The topological polar surface area (TPSA) is 50.7 Å². The summed E-state index contributed by atoms with van der Waals surface area (Å²) in [5.41, 5.74) is 7.49. The molecule has 1 aliphatic carbocycles. The molecule has 1 unspecified atom stereocenters. The van der Waals surface area contributed by atoms with Crippen molar-refractivity contribution in [3.63, 3.8) is 0 Å². The average Bonchev–Trinajstić information content (AvgIpc) is 2.53. The molecule has 1 atom stereocenters. The van der Waals surface area contributed by atoms with Crippen molar-refractivity contribution >= 4 is 27.5 Å². The third kappa shape index (κ3) is 1.70. The first kappa shape index (κ1) is 11.9. The van der Waals surface area contributed by atoms with E-state index in [1.807, 2.05) is 19.1 Å². The Morgan fingerprint density at radius 3 is 2.61 bits per heavy atom. The smallest absolute Gasteiger partial charge is 0.181 e. The number of nitrogens with two attached hydrogens (primary N) is 1. The molecule has 2 aliphatic rings. The quantitative estimate of drug-likeness (QED) is 0.896. The molecular formula is C14H16BrN3. The van der Waals surface area contributed by atoms with Gasteiger partial charge < -0.3 is 5.73 Å². The summed E-state index contributed by atoms with van der Waals surface area (Å²) in [6.07, 6.45) is 3.63. The van der Waals surface area contributed by atoms with E-state index in [0.29, 0.717) is 11.8 Å². The molecule has 1 aromatic rings. The van der Waals surface area contributed by atoms with E-state index in [2.05, 4.69) is 28.1 Å². The Kier molecular flexibility index (Phi) is 2.77. The molecule has 3 nitrogen and oxygen atoms in total. The normalized spacial score (nSPS) is 27.7. The van der Waals surface area contributed by atoms with E-state index in [4.69, 9.17) is 15.7 Å². The minimum Gasteiger partial charge on any atom is -0.382 e. The van der Waals surface area contributed by atoms with E-state index < -0.39 is 5.66 Å². The van der Waals surface area contributed by atoms with Gasteiger partial charge in [-0.05, 0) is 31.9 Å². The maximum absolute atomic E-state index is 5.95. The Morgan fingerprint density at radius 2 is 2.11 bits per heavy atom. The number of nitrogens with zero attached hydrogens (tertiary/aromatic N) is 2. The number of halogens is 1. The first-order chi connectivity index (χ1) is 8.62. The van der Waals surface area contributed by atoms with Gasteiger partial charge in [-0.25, -0.2) is 4.99 Å². The van der Waals surface area contributed by atoms with Gasteiger partial charge in [0, 0.05) is 16.0 Å². The molecule has 2 N–H and O–H groups in total. The number of amidine groups is 1. The number of rotatable bonds is 2. The van der Waals surface area contributed by atoms with Gasteiger partial charge in [-0.3, -0.25) is 4.99 Å². The highest BCUT2D eigenvalue weighted by Crippen LogP contribution is 2.48. The zero-order valence-electron chi connectivity index (χ0n) is 10.4. The summed E-state index contributed by atoms with van der Waals surface area (Å²) in [7, 11) is 0. The van der Waals surface area contributed by atoms with Gasteiger partial charge in [0.1, 0.15) is 5.84 Å². The van der Waals surface area contributed by atoms with Crippen molar-refractivity contribution in [2.75, 3.05) is 0 Å². The van der Waals surface area contributed by atoms with Crippen LogP contribution in [0, 0.1) is 5.92 Å². The molecule has 0 aromatic heterocycles. The average molecular weight is 306 g/mol. The SMILES string of the molecule is CC1=NC(c2cccc(Br)c2)(C2CCC2)N=C1N. The summed E-state index contributed by atoms with van der Waals surface area (Å²) in [5, 5.41) is 0.